The minimum atomic E-state index is 0.0213. The fourth-order valence-corrected chi connectivity index (χ4v) is 3.06. The number of nitrogens with zero attached hydrogens (tertiary/aromatic N) is 4. The number of hydrogen-bond acceptors (Lipinski definition) is 4. The van der Waals surface area contributed by atoms with E-state index in [0.717, 1.165) is 23.8 Å². The molecule has 0 unspecified atom stereocenters. The van der Waals surface area contributed by atoms with Crippen molar-refractivity contribution in [1.29, 1.82) is 0 Å². The van der Waals surface area contributed by atoms with Crippen molar-refractivity contribution < 1.29 is 4.79 Å². The van der Waals surface area contributed by atoms with Crippen LogP contribution < -0.4 is 10.6 Å². The van der Waals surface area contributed by atoms with E-state index in [1.54, 1.807) is 11.6 Å². The summed E-state index contributed by atoms with van der Waals surface area (Å²) in [5.74, 6) is 0.280. The highest BCUT2D eigenvalue weighted by atomic mass is 35.5. The van der Waals surface area contributed by atoms with Crippen molar-refractivity contribution in [3.8, 4) is 0 Å². The quantitative estimate of drug-likeness (QED) is 0.904. The second-order valence-electron chi connectivity index (χ2n) is 5.79. The number of carbonyl (C=O) groups is 1. The van der Waals surface area contributed by atoms with E-state index in [1.165, 1.54) is 0 Å². The third-order valence-corrected chi connectivity index (χ3v) is 4.99. The molecule has 2 heterocycles. The maximum atomic E-state index is 12.5. The average Bonchev–Trinajstić information content (AvgIpc) is 2.83. The maximum absolute atomic E-state index is 12.5. The number of aromatic nitrogens is 2. The van der Waals surface area contributed by atoms with Crippen LogP contribution in [0.5, 0.6) is 0 Å². The molecule has 6 nitrogen and oxygen atoms in total. The van der Waals surface area contributed by atoms with Crippen molar-refractivity contribution in [2.75, 3.05) is 36.8 Å². The van der Waals surface area contributed by atoms with Gasteiger partial charge < -0.3 is 15.5 Å². The van der Waals surface area contributed by atoms with Crippen LogP contribution in [0.3, 0.4) is 0 Å². The highest BCUT2D eigenvalue weighted by Gasteiger charge is 2.22. The van der Waals surface area contributed by atoms with Gasteiger partial charge in [-0.2, -0.15) is 5.10 Å². The summed E-state index contributed by atoms with van der Waals surface area (Å²) in [6.07, 6.45) is 0. The van der Waals surface area contributed by atoms with E-state index in [0.29, 0.717) is 23.8 Å². The lowest BCUT2D eigenvalue weighted by Crippen LogP contribution is -2.49. The molecule has 1 fully saturated rings. The zero-order chi connectivity index (χ0) is 17.3. The average molecular weight is 368 g/mol. The van der Waals surface area contributed by atoms with Crippen molar-refractivity contribution in [2.24, 2.45) is 0 Å². The fraction of sp³-hybridized carbons (Fsp3) is 0.375. The first-order valence-electron chi connectivity index (χ1n) is 7.72. The summed E-state index contributed by atoms with van der Waals surface area (Å²) in [4.78, 5) is 16.6. The molecule has 1 saturated heterocycles. The molecule has 2 aromatic rings. The minimum Gasteiger partial charge on any atom is -0.381 e. The Morgan fingerprint density at radius 1 is 1.17 bits per heavy atom. The van der Waals surface area contributed by atoms with Crippen molar-refractivity contribution >= 4 is 40.6 Å². The van der Waals surface area contributed by atoms with Crippen LogP contribution in [0.15, 0.2) is 24.3 Å². The van der Waals surface area contributed by atoms with Crippen LogP contribution in [-0.4, -0.2) is 46.8 Å². The molecular formula is C16H19Cl2N5O. The topological polar surface area (TPSA) is 67.4 Å². The minimum absolute atomic E-state index is 0.0213. The molecule has 0 bridgehead atoms. The second kappa shape index (κ2) is 6.91. The van der Waals surface area contributed by atoms with E-state index < -0.39 is 0 Å². The highest BCUT2D eigenvalue weighted by molar-refractivity contribution is 6.33. The molecule has 1 aromatic carbocycles. The number of anilines is 2. The van der Waals surface area contributed by atoms with E-state index in [1.807, 2.05) is 29.2 Å². The number of benzene rings is 1. The van der Waals surface area contributed by atoms with E-state index in [-0.39, 0.29) is 18.3 Å². The van der Waals surface area contributed by atoms with Gasteiger partial charge in [0.05, 0.1) is 5.69 Å². The van der Waals surface area contributed by atoms with Crippen molar-refractivity contribution in [2.45, 2.75) is 13.5 Å². The maximum Gasteiger partial charge on any atom is 0.244 e. The number of amides is 1. The summed E-state index contributed by atoms with van der Waals surface area (Å²) in [7, 11) is 0. The van der Waals surface area contributed by atoms with E-state index >= 15 is 0 Å². The lowest BCUT2D eigenvalue weighted by Gasteiger charge is -2.36. The third kappa shape index (κ3) is 3.44. The normalized spacial score (nSPS) is 15.0. The second-order valence-corrected chi connectivity index (χ2v) is 6.60. The Labute approximate surface area is 150 Å². The molecule has 2 N–H and O–H groups in total. The summed E-state index contributed by atoms with van der Waals surface area (Å²) in [6, 6.07) is 7.75. The molecular weight excluding hydrogens is 349 g/mol. The van der Waals surface area contributed by atoms with Crippen molar-refractivity contribution in [3.63, 3.8) is 0 Å². The molecule has 0 atom stereocenters. The first-order valence-corrected chi connectivity index (χ1v) is 8.48. The van der Waals surface area contributed by atoms with Crippen molar-refractivity contribution in [3.05, 3.63) is 40.0 Å². The summed E-state index contributed by atoms with van der Waals surface area (Å²) in [5, 5.41) is 5.24. The van der Waals surface area contributed by atoms with Gasteiger partial charge in [-0.1, -0.05) is 23.2 Å². The Morgan fingerprint density at radius 2 is 1.79 bits per heavy atom. The van der Waals surface area contributed by atoms with Crippen molar-refractivity contribution in [1.82, 2.24) is 14.7 Å². The molecule has 0 saturated carbocycles. The van der Waals surface area contributed by atoms with Gasteiger partial charge in [0.15, 0.2) is 5.82 Å². The Morgan fingerprint density at radius 3 is 2.33 bits per heavy atom. The predicted molar refractivity (Wildman–Crippen MR) is 96.6 cm³/mol. The number of nitrogen functional groups attached to an aromatic ring is 1. The first kappa shape index (κ1) is 16.9. The van der Waals surface area contributed by atoms with Crippen LogP contribution in [0, 0.1) is 6.92 Å². The van der Waals surface area contributed by atoms with Crippen LogP contribution in [-0.2, 0) is 11.3 Å². The number of piperazine rings is 1. The third-order valence-electron chi connectivity index (χ3n) is 4.27. The van der Waals surface area contributed by atoms with Gasteiger partial charge in [-0.05, 0) is 31.2 Å². The number of rotatable bonds is 3. The lowest BCUT2D eigenvalue weighted by atomic mass is 10.2. The largest absolute Gasteiger partial charge is 0.381 e. The van der Waals surface area contributed by atoms with Gasteiger partial charge in [0.25, 0.3) is 0 Å². The molecule has 24 heavy (non-hydrogen) atoms. The number of nitrogens with two attached hydrogens (primary N) is 1. The number of hydrogen-bond donors (Lipinski definition) is 1. The molecule has 0 spiro atoms. The van der Waals surface area contributed by atoms with E-state index in [4.69, 9.17) is 28.9 Å². The van der Waals surface area contributed by atoms with Crippen LogP contribution in [0.1, 0.15) is 5.69 Å². The SMILES string of the molecule is Cc1c(Cl)c(N)nn1CC(=O)N1CCN(c2ccc(Cl)cc2)CC1. The van der Waals surface area contributed by atoms with Gasteiger partial charge in [-0.25, -0.2) is 0 Å². The number of carbonyl (C=O) groups excluding carboxylic acids is 1. The smallest absolute Gasteiger partial charge is 0.244 e. The Hall–Kier alpha value is -1.92. The summed E-state index contributed by atoms with van der Waals surface area (Å²) in [5.41, 5.74) is 7.51. The molecule has 1 amide bonds. The summed E-state index contributed by atoms with van der Waals surface area (Å²) < 4.78 is 1.56. The fourth-order valence-electron chi connectivity index (χ4n) is 2.80. The molecule has 3 rings (SSSR count). The monoisotopic (exact) mass is 367 g/mol. The van der Waals surface area contributed by atoms with Crippen LogP contribution in [0.2, 0.25) is 10.0 Å². The molecule has 1 aromatic heterocycles. The highest BCUT2D eigenvalue weighted by Crippen LogP contribution is 2.22. The van der Waals surface area contributed by atoms with Crippen LogP contribution >= 0.6 is 23.2 Å². The zero-order valence-corrected chi connectivity index (χ0v) is 14.9. The first-order chi connectivity index (χ1) is 11.5. The van der Waals surface area contributed by atoms with Gasteiger partial charge in [-0.3, -0.25) is 9.48 Å². The molecule has 0 aliphatic carbocycles. The Kier molecular flexibility index (Phi) is 4.87. The molecule has 8 heteroatoms. The standard InChI is InChI=1S/C16H19Cl2N5O/c1-11-15(18)16(19)20-23(11)10-14(24)22-8-6-21(7-9-22)13-4-2-12(17)3-5-13/h2-5H,6-10H2,1H3,(H2,19,20). The van der Waals surface area contributed by atoms with Crippen LogP contribution in [0.4, 0.5) is 11.5 Å². The molecule has 0 radical (unpaired) electrons. The number of halogens is 2. The predicted octanol–water partition coefficient (Wildman–Crippen LogP) is 2.43. The van der Waals surface area contributed by atoms with E-state index in [9.17, 15) is 4.79 Å². The van der Waals surface area contributed by atoms with Gasteiger partial charge in [0, 0.05) is 36.9 Å². The molecule has 1 aliphatic rings. The Balaban J connectivity index is 1.59. The molecule has 1 aliphatic heterocycles. The lowest BCUT2D eigenvalue weighted by molar-refractivity contribution is -0.132. The van der Waals surface area contributed by atoms with Gasteiger partial charge in [0.1, 0.15) is 11.6 Å². The Bertz CT molecular complexity index is 736. The van der Waals surface area contributed by atoms with Gasteiger partial charge in [0.2, 0.25) is 5.91 Å². The zero-order valence-electron chi connectivity index (χ0n) is 13.4. The van der Waals surface area contributed by atoms with Gasteiger partial charge >= 0.3 is 0 Å². The molecule has 128 valence electrons. The van der Waals surface area contributed by atoms with Crippen LogP contribution in [0.25, 0.3) is 0 Å². The summed E-state index contributed by atoms with van der Waals surface area (Å²) >= 11 is 11.9. The summed E-state index contributed by atoms with van der Waals surface area (Å²) in [6.45, 7) is 4.87. The van der Waals surface area contributed by atoms with E-state index in [2.05, 4.69) is 10.00 Å². The van der Waals surface area contributed by atoms with Gasteiger partial charge in [-0.15, -0.1) is 0 Å².